The van der Waals surface area contributed by atoms with Gasteiger partial charge in [0.25, 0.3) is 0 Å². The van der Waals surface area contributed by atoms with Gasteiger partial charge in [0.2, 0.25) is 17.7 Å². The maximum Gasteiger partial charge on any atom is 0.247 e. The van der Waals surface area contributed by atoms with Gasteiger partial charge in [0.15, 0.2) is 0 Å². The van der Waals surface area contributed by atoms with E-state index in [1.165, 1.54) is 12.1 Å². The molecule has 0 bridgehead atoms. The second-order valence-corrected chi connectivity index (χ2v) is 7.58. The molecule has 7 heteroatoms. The third kappa shape index (κ3) is 5.33. The third-order valence-electron chi connectivity index (χ3n) is 4.24. The number of halogens is 1. The molecule has 4 rings (SSSR count). The van der Waals surface area contributed by atoms with Crippen molar-refractivity contribution in [1.29, 1.82) is 0 Å². The zero-order chi connectivity index (χ0) is 20.8. The molecule has 0 aliphatic rings. The van der Waals surface area contributed by atoms with Crippen LogP contribution in [0.4, 0.5) is 10.1 Å². The molecule has 0 aliphatic heterocycles. The van der Waals surface area contributed by atoms with Gasteiger partial charge in [0, 0.05) is 16.1 Å². The molecule has 0 fully saturated rings. The zero-order valence-corrected chi connectivity index (χ0v) is 16.7. The Morgan fingerprint density at radius 2 is 1.77 bits per heavy atom. The molecule has 1 aromatic heterocycles. The molecule has 1 amide bonds. The minimum Gasteiger partial charge on any atom is -0.420 e. The number of rotatable bonds is 7. The molecule has 0 saturated carbocycles. The lowest BCUT2D eigenvalue weighted by atomic mass is 10.1. The van der Waals surface area contributed by atoms with Crippen molar-refractivity contribution in [2.75, 3.05) is 5.32 Å². The molecule has 30 heavy (non-hydrogen) atoms. The molecule has 1 heterocycles. The summed E-state index contributed by atoms with van der Waals surface area (Å²) in [5.41, 5.74) is 2.21. The smallest absolute Gasteiger partial charge is 0.247 e. The molecule has 0 atom stereocenters. The first-order valence-corrected chi connectivity index (χ1v) is 10.3. The largest absolute Gasteiger partial charge is 0.420 e. The van der Waals surface area contributed by atoms with Crippen molar-refractivity contribution < 1.29 is 13.6 Å². The number of nitrogens with one attached hydrogen (secondary N) is 1. The van der Waals surface area contributed by atoms with Crippen LogP contribution >= 0.6 is 11.8 Å². The Morgan fingerprint density at radius 1 is 0.967 bits per heavy atom. The van der Waals surface area contributed by atoms with Crippen molar-refractivity contribution in [3.8, 4) is 11.5 Å². The predicted molar refractivity (Wildman–Crippen MR) is 114 cm³/mol. The molecule has 0 saturated heterocycles. The average molecular weight is 419 g/mol. The van der Waals surface area contributed by atoms with E-state index in [2.05, 4.69) is 15.5 Å². The molecule has 0 spiro atoms. The normalized spacial score (nSPS) is 10.7. The Bertz CT molecular complexity index is 1130. The van der Waals surface area contributed by atoms with Crippen molar-refractivity contribution in [1.82, 2.24) is 10.2 Å². The van der Waals surface area contributed by atoms with Gasteiger partial charge < -0.3 is 9.73 Å². The van der Waals surface area contributed by atoms with Gasteiger partial charge in [-0.15, -0.1) is 22.0 Å². The summed E-state index contributed by atoms with van der Waals surface area (Å²) < 4.78 is 18.9. The highest BCUT2D eigenvalue weighted by Gasteiger charge is 2.09. The van der Waals surface area contributed by atoms with Gasteiger partial charge in [0.05, 0.1) is 12.2 Å². The first-order chi connectivity index (χ1) is 14.7. The highest BCUT2D eigenvalue weighted by atomic mass is 32.2. The lowest BCUT2D eigenvalue weighted by Gasteiger charge is -2.06. The first-order valence-electron chi connectivity index (χ1n) is 9.31. The lowest BCUT2D eigenvalue weighted by Crippen LogP contribution is -2.14. The topological polar surface area (TPSA) is 68.0 Å². The minimum atomic E-state index is -0.348. The summed E-state index contributed by atoms with van der Waals surface area (Å²) in [7, 11) is 0. The monoisotopic (exact) mass is 419 g/mol. The van der Waals surface area contributed by atoms with E-state index in [4.69, 9.17) is 4.42 Å². The zero-order valence-electron chi connectivity index (χ0n) is 15.9. The fourth-order valence-corrected chi connectivity index (χ4v) is 3.56. The summed E-state index contributed by atoms with van der Waals surface area (Å²) in [5.74, 6) is 1.05. The maximum atomic E-state index is 13.2. The van der Waals surface area contributed by atoms with E-state index in [-0.39, 0.29) is 18.1 Å². The van der Waals surface area contributed by atoms with E-state index in [1.54, 1.807) is 23.9 Å². The molecular weight excluding hydrogens is 401 g/mol. The molecule has 0 unspecified atom stereocenters. The van der Waals surface area contributed by atoms with E-state index in [1.807, 2.05) is 54.6 Å². The van der Waals surface area contributed by atoms with Crippen LogP contribution in [0, 0.1) is 5.82 Å². The van der Waals surface area contributed by atoms with Crippen LogP contribution in [-0.4, -0.2) is 16.1 Å². The van der Waals surface area contributed by atoms with Crippen molar-refractivity contribution >= 4 is 23.4 Å². The van der Waals surface area contributed by atoms with E-state index in [0.717, 1.165) is 10.5 Å². The molecule has 1 N–H and O–H groups in total. The number of nitrogens with zero attached hydrogens (tertiary/aromatic N) is 2. The van der Waals surface area contributed by atoms with Crippen LogP contribution in [-0.2, 0) is 17.0 Å². The summed E-state index contributed by atoms with van der Waals surface area (Å²) in [6, 6.07) is 23.1. The quantitative estimate of drug-likeness (QED) is 0.409. The number of amides is 1. The third-order valence-corrected chi connectivity index (χ3v) is 5.24. The van der Waals surface area contributed by atoms with Gasteiger partial charge in [-0.3, -0.25) is 4.79 Å². The summed E-state index contributed by atoms with van der Waals surface area (Å²) in [6.45, 7) is 0. The van der Waals surface area contributed by atoms with E-state index in [9.17, 15) is 9.18 Å². The highest BCUT2D eigenvalue weighted by molar-refractivity contribution is 7.98. The van der Waals surface area contributed by atoms with Crippen LogP contribution in [0.1, 0.15) is 11.5 Å². The number of anilines is 1. The fourth-order valence-electron chi connectivity index (χ4n) is 2.83. The van der Waals surface area contributed by atoms with Crippen LogP contribution < -0.4 is 5.32 Å². The number of carbonyl (C=O) groups is 1. The fraction of sp³-hybridized carbons (Fsp3) is 0.0870. The number of hydrogen-bond acceptors (Lipinski definition) is 5. The van der Waals surface area contributed by atoms with Gasteiger partial charge in [-0.1, -0.05) is 30.3 Å². The minimum absolute atomic E-state index is 0.120. The van der Waals surface area contributed by atoms with E-state index in [0.29, 0.717) is 28.8 Å². The predicted octanol–water partition coefficient (Wildman–Crippen LogP) is 5.35. The molecule has 5 nitrogen and oxygen atoms in total. The number of benzene rings is 3. The second kappa shape index (κ2) is 9.37. The standard InChI is InChI=1S/C23H18FN3O2S/c24-18-8-4-5-16(13-18)14-21(28)25-19-9-11-20(12-10-19)30-15-22-26-27-23(29-22)17-6-2-1-3-7-17/h1-13H,14-15H2,(H,25,28). The summed E-state index contributed by atoms with van der Waals surface area (Å²) in [4.78, 5) is 13.2. The summed E-state index contributed by atoms with van der Waals surface area (Å²) >= 11 is 1.56. The lowest BCUT2D eigenvalue weighted by molar-refractivity contribution is -0.115. The Balaban J connectivity index is 1.30. The number of aromatic nitrogens is 2. The second-order valence-electron chi connectivity index (χ2n) is 6.53. The Labute approximate surface area is 177 Å². The Morgan fingerprint density at radius 3 is 2.53 bits per heavy atom. The van der Waals surface area contributed by atoms with Crippen molar-refractivity contribution in [2.24, 2.45) is 0 Å². The van der Waals surface area contributed by atoms with Gasteiger partial charge >= 0.3 is 0 Å². The molecule has 3 aromatic carbocycles. The van der Waals surface area contributed by atoms with Crippen LogP contribution in [0.25, 0.3) is 11.5 Å². The maximum absolute atomic E-state index is 13.2. The molecule has 4 aromatic rings. The molecule has 150 valence electrons. The van der Waals surface area contributed by atoms with Gasteiger partial charge in [0.1, 0.15) is 5.82 Å². The Hall–Kier alpha value is -3.45. The van der Waals surface area contributed by atoms with Crippen LogP contribution in [0.3, 0.4) is 0 Å². The van der Waals surface area contributed by atoms with Gasteiger partial charge in [-0.2, -0.15) is 0 Å². The van der Waals surface area contributed by atoms with Crippen LogP contribution in [0.2, 0.25) is 0 Å². The SMILES string of the molecule is O=C(Cc1cccc(F)c1)Nc1ccc(SCc2nnc(-c3ccccc3)o2)cc1. The Kier molecular flexibility index (Phi) is 6.20. The van der Waals surface area contributed by atoms with Gasteiger partial charge in [-0.05, 0) is 54.1 Å². The molecule has 0 radical (unpaired) electrons. The number of hydrogen-bond donors (Lipinski definition) is 1. The van der Waals surface area contributed by atoms with Crippen molar-refractivity contribution in [3.05, 3.63) is 96.1 Å². The van der Waals surface area contributed by atoms with Gasteiger partial charge in [-0.25, -0.2) is 4.39 Å². The molecular formula is C23H18FN3O2S. The summed E-state index contributed by atoms with van der Waals surface area (Å²) in [5, 5.41) is 11.0. The average Bonchev–Trinajstić information content (AvgIpc) is 3.23. The highest BCUT2D eigenvalue weighted by Crippen LogP contribution is 2.25. The summed E-state index contributed by atoms with van der Waals surface area (Å²) in [6.07, 6.45) is 0.120. The van der Waals surface area contributed by atoms with Crippen LogP contribution in [0.15, 0.2) is 88.2 Å². The first kappa shape index (κ1) is 19.8. The van der Waals surface area contributed by atoms with Crippen molar-refractivity contribution in [2.45, 2.75) is 17.1 Å². The van der Waals surface area contributed by atoms with Crippen molar-refractivity contribution in [3.63, 3.8) is 0 Å². The van der Waals surface area contributed by atoms with E-state index < -0.39 is 0 Å². The molecule has 0 aliphatic carbocycles. The van der Waals surface area contributed by atoms with Crippen LogP contribution in [0.5, 0.6) is 0 Å². The van der Waals surface area contributed by atoms with E-state index >= 15 is 0 Å². The number of thioether (sulfide) groups is 1. The number of carbonyl (C=O) groups excluding carboxylic acids is 1.